The molecule has 0 radical (unpaired) electrons. The molecule has 1 fully saturated rings. The van der Waals surface area contributed by atoms with Gasteiger partial charge in [-0.25, -0.2) is 4.99 Å². The molecule has 1 aromatic rings. The van der Waals surface area contributed by atoms with Crippen molar-refractivity contribution in [1.82, 2.24) is 15.5 Å². The third kappa shape index (κ3) is 6.01. The van der Waals surface area contributed by atoms with E-state index in [1.165, 1.54) is 16.7 Å². The van der Waals surface area contributed by atoms with E-state index in [-0.39, 0.29) is 5.54 Å². The van der Waals surface area contributed by atoms with Crippen molar-refractivity contribution in [2.45, 2.75) is 46.7 Å². The number of nitrogens with one attached hydrogen (secondary N) is 2. The maximum Gasteiger partial charge on any atom is 0.191 e. The van der Waals surface area contributed by atoms with Crippen molar-refractivity contribution in [3.8, 4) is 0 Å². The fourth-order valence-electron chi connectivity index (χ4n) is 3.11. The fourth-order valence-corrected chi connectivity index (χ4v) is 3.11. The molecule has 1 aliphatic heterocycles. The molecule has 1 aliphatic rings. The van der Waals surface area contributed by atoms with Crippen LogP contribution >= 0.6 is 0 Å². The molecule has 2 rings (SSSR count). The molecule has 25 heavy (non-hydrogen) atoms. The average Bonchev–Trinajstić information content (AvgIpc) is 2.59. The summed E-state index contributed by atoms with van der Waals surface area (Å²) in [4.78, 5) is 7.26. The van der Waals surface area contributed by atoms with Gasteiger partial charge in [-0.15, -0.1) is 0 Å². The number of rotatable bonds is 6. The van der Waals surface area contributed by atoms with Crippen molar-refractivity contribution in [2.75, 3.05) is 39.4 Å². The Bertz CT molecular complexity index is 577. The molecular formula is C20H34N4O. The van der Waals surface area contributed by atoms with Gasteiger partial charge in [0.1, 0.15) is 0 Å². The van der Waals surface area contributed by atoms with Crippen LogP contribution in [0.4, 0.5) is 0 Å². The van der Waals surface area contributed by atoms with Gasteiger partial charge in [0.05, 0.1) is 19.8 Å². The Morgan fingerprint density at radius 3 is 2.56 bits per heavy atom. The van der Waals surface area contributed by atoms with Crippen molar-refractivity contribution >= 4 is 5.96 Å². The zero-order valence-corrected chi connectivity index (χ0v) is 16.5. The molecule has 0 atom stereocenters. The van der Waals surface area contributed by atoms with Gasteiger partial charge in [-0.2, -0.15) is 0 Å². The molecule has 2 N–H and O–H groups in total. The number of nitrogens with zero attached hydrogens (tertiary/aromatic N) is 2. The average molecular weight is 347 g/mol. The Hall–Kier alpha value is -1.59. The summed E-state index contributed by atoms with van der Waals surface area (Å²) in [6.07, 6.45) is 0. The second-order valence-corrected chi connectivity index (χ2v) is 7.39. The first-order valence-corrected chi connectivity index (χ1v) is 9.33. The lowest BCUT2D eigenvalue weighted by atomic mass is 10.0. The van der Waals surface area contributed by atoms with Crippen LogP contribution in [0.3, 0.4) is 0 Å². The summed E-state index contributed by atoms with van der Waals surface area (Å²) < 4.78 is 5.47. The molecule has 1 aromatic carbocycles. The van der Waals surface area contributed by atoms with E-state index in [2.05, 4.69) is 68.4 Å². The summed E-state index contributed by atoms with van der Waals surface area (Å²) in [5.74, 6) is 0.879. The van der Waals surface area contributed by atoms with Crippen LogP contribution in [-0.4, -0.2) is 55.8 Å². The van der Waals surface area contributed by atoms with Crippen molar-refractivity contribution < 1.29 is 4.74 Å². The lowest BCUT2D eigenvalue weighted by molar-refractivity contribution is -0.00834. The van der Waals surface area contributed by atoms with E-state index in [9.17, 15) is 0 Å². The van der Waals surface area contributed by atoms with E-state index in [0.717, 1.165) is 45.4 Å². The van der Waals surface area contributed by atoms with Crippen LogP contribution in [0.25, 0.3) is 0 Å². The molecule has 0 aliphatic carbocycles. The summed E-state index contributed by atoms with van der Waals surface area (Å²) in [5, 5.41) is 6.87. The highest BCUT2D eigenvalue weighted by atomic mass is 16.5. The molecular weight excluding hydrogens is 312 g/mol. The Kier molecular flexibility index (Phi) is 7.26. The van der Waals surface area contributed by atoms with Gasteiger partial charge < -0.3 is 15.4 Å². The largest absolute Gasteiger partial charge is 0.379 e. The predicted molar refractivity (Wildman–Crippen MR) is 105 cm³/mol. The van der Waals surface area contributed by atoms with E-state index in [0.29, 0.717) is 6.54 Å². The number of aryl methyl sites for hydroxylation is 2. The van der Waals surface area contributed by atoms with Crippen LogP contribution in [0.15, 0.2) is 23.2 Å². The first-order chi connectivity index (χ1) is 11.9. The van der Waals surface area contributed by atoms with Crippen LogP contribution in [0.1, 0.15) is 37.5 Å². The van der Waals surface area contributed by atoms with E-state index in [1.54, 1.807) is 0 Å². The smallest absolute Gasteiger partial charge is 0.191 e. The zero-order chi connectivity index (χ0) is 18.3. The Morgan fingerprint density at radius 1 is 1.20 bits per heavy atom. The minimum Gasteiger partial charge on any atom is -0.379 e. The molecule has 140 valence electrons. The standard InChI is InChI=1S/C20H34N4O/c1-6-21-19(22-14-18-8-7-16(2)13-17(18)3)23-15-20(4,5)24-9-11-25-12-10-24/h7-8,13H,6,9-12,14-15H2,1-5H3,(H2,21,22,23). The maximum atomic E-state index is 5.47. The molecule has 0 amide bonds. The van der Waals surface area contributed by atoms with Gasteiger partial charge in [0.2, 0.25) is 0 Å². The number of hydrogen-bond donors (Lipinski definition) is 2. The number of morpholine rings is 1. The van der Waals surface area contributed by atoms with Crippen molar-refractivity contribution in [1.29, 1.82) is 0 Å². The minimum atomic E-state index is 0.0692. The Labute approximate surface area is 152 Å². The Morgan fingerprint density at radius 2 is 1.92 bits per heavy atom. The monoisotopic (exact) mass is 346 g/mol. The molecule has 5 heteroatoms. The van der Waals surface area contributed by atoms with Crippen LogP contribution < -0.4 is 10.6 Å². The number of benzene rings is 1. The predicted octanol–water partition coefficient (Wildman–Crippen LogP) is 2.47. The first-order valence-electron chi connectivity index (χ1n) is 9.33. The van der Waals surface area contributed by atoms with E-state index >= 15 is 0 Å². The third-order valence-corrected chi connectivity index (χ3v) is 4.81. The molecule has 1 heterocycles. The number of hydrogen-bond acceptors (Lipinski definition) is 3. The number of ether oxygens (including phenoxy) is 1. The fraction of sp³-hybridized carbons (Fsp3) is 0.650. The van der Waals surface area contributed by atoms with Crippen molar-refractivity contribution in [2.24, 2.45) is 4.99 Å². The van der Waals surface area contributed by atoms with Gasteiger partial charge in [0, 0.05) is 31.7 Å². The van der Waals surface area contributed by atoms with Crippen LogP contribution in [0, 0.1) is 13.8 Å². The van der Waals surface area contributed by atoms with Gasteiger partial charge >= 0.3 is 0 Å². The quantitative estimate of drug-likeness (QED) is 0.614. The summed E-state index contributed by atoms with van der Waals surface area (Å²) >= 11 is 0. The second-order valence-electron chi connectivity index (χ2n) is 7.39. The van der Waals surface area contributed by atoms with E-state index < -0.39 is 0 Å². The summed E-state index contributed by atoms with van der Waals surface area (Å²) in [6.45, 7) is 17.0. The highest BCUT2D eigenvalue weighted by Gasteiger charge is 2.28. The second kappa shape index (κ2) is 9.20. The molecule has 0 bridgehead atoms. The minimum absolute atomic E-state index is 0.0692. The number of aliphatic imine (C=N–C) groups is 1. The zero-order valence-electron chi connectivity index (χ0n) is 16.5. The third-order valence-electron chi connectivity index (χ3n) is 4.81. The molecule has 0 spiro atoms. The van der Waals surface area contributed by atoms with Crippen LogP contribution in [0.2, 0.25) is 0 Å². The van der Waals surface area contributed by atoms with Gasteiger partial charge in [-0.05, 0) is 45.7 Å². The molecule has 5 nitrogen and oxygen atoms in total. The van der Waals surface area contributed by atoms with Crippen molar-refractivity contribution in [3.05, 3.63) is 34.9 Å². The summed E-state index contributed by atoms with van der Waals surface area (Å²) in [7, 11) is 0. The summed E-state index contributed by atoms with van der Waals surface area (Å²) in [6, 6.07) is 6.54. The van der Waals surface area contributed by atoms with Gasteiger partial charge in [0.15, 0.2) is 5.96 Å². The topological polar surface area (TPSA) is 48.9 Å². The highest BCUT2D eigenvalue weighted by molar-refractivity contribution is 5.79. The lowest BCUT2D eigenvalue weighted by Gasteiger charge is -2.41. The van der Waals surface area contributed by atoms with Gasteiger partial charge in [0.25, 0.3) is 0 Å². The molecule has 0 saturated carbocycles. The van der Waals surface area contributed by atoms with E-state index in [4.69, 9.17) is 9.73 Å². The normalized spacial score (nSPS) is 16.8. The first kappa shape index (κ1) is 19.7. The van der Waals surface area contributed by atoms with Gasteiger partial charge in [-0.1, -0.05) is 23.8 Å². The van der Waals surface area contributed by atoms with Gasteiger partial charge in [-0.3, -0.25) is 4.90 Å². The Balaban J connectivity index is 1.97. The molecule has 1 saturated heterocycles. The molecule has 0 aromatic heterocycles. The van der Waals surface area contributed by atoms with E-state index in [1.807, 2.05) is 0 Å². The molecule has 0 unspecified atom stereocenters. The van der Waals surface area contributed by atoms with Crippen LogP contribution in [0.5, 0.6) is 0 Å². The van der Waals surface area contributed by atoms with Crippen LogP contribution in [-0.2, 0) is 11.3 Å². The maximum absolute atomic E-state index is 5.47. The highest BCUT2D eigenvalue weighted by Crippen LogP contribution is 2.15. The SMILES string of the molecule is CCNC(=NCc1ccc(C)cc1C)NCC(C)(C)N1CCOCC1. The number of guanidine groups is 1. The summed E-state index contributed by atoms with van der Waals surface area (Å²) in [5.41, 5.74) is 3.94. The lowest BCUT2D eigenvalue weighted by Crippen LogP contribution is -2.56. The van der Waals surface area contributed by atoms with Crippen molar-refractivity contribution in [3.63, 3.8) is 0 Å².